The highest BCUT2D eigenvalue weighted by molar-refractivity contribution is 8.00. The van der Waals surface area contributed by atoms with Gasteiger partial charge in [-0.3, -0.25) is 4.79 Å². The second-order valence-electron chi connectivity index (χ2n) is 6.26. The lowest BCUT2D eigenvalue weighted by molar-refractivity contribution is -0.127. The zero-order valence-corrected chi connectivity index (χ0v) is 13.9. The highest BCUT2D eigenvalue weighted by atomic mass is 32.2. The van der Waals surface area contributed by atoms with Gasteiger partial charge in [-0.15, -0.1) is 0 Å². The van der Waals surface area contributed by atoms with E-state index in [1.807, 2.05) is 44.2 Å². The molecule has 4 heteroatoms. The fraction of sp³-hybridized carbons (Fsp3) is 0.588. The zero-order chi connectivity index (χ0) is 15.5. The van der Waals surface area contributed by atoms with Crippen LogP contribution in [-0.4, -0.2) is 34.2 Å². The number of carbonyl (C=O) groups is 1. The van der Waals surface area contributed by atoms with Gasteiger partial charge in [0.1, 0.15) is 0 Å². The molecule has 3 nitrogen and oxygen atoms in total. The molecule has 2 atom stereocenters. The van der Waals surface area contributed by atoms with Crippen molar-refractivity contribution in [1.82, 2.24) is 5.32 Å². The molecular weight excluding hydrogens is 282 g/mol. The molecule has 0 heterocycles. The molecular formula is C17H25NO2S. The molecule has 1 amide bonds. The quantitative estimate of drug-likeness (QED) is 0.849. The monoisotopic (exact) mass is 307 g/mol. The van der Waals surface area contributed by atoms with Crippen LogP contribution in [0.4, 0.5) is 0 Å². The van der Waals surface area contributed by atoms with E-state index in [0.717, 1.165) is 24.2 Å². The van der Waals surface area contributed by atoms with Crippen LogP contribution in [-0.2, 0) is 10.2 Å². The van der Waals surface area contributed by atoms with Gasteiger partial charge in [0, 0.05) is 11.8 Å². The molecule has 1 aromatic carbocycles. The number of aliphatic hydroxyl groups is 1. The SMILES string of the molecule is CCSC1CCC1(O)CNC(=O)C(C)(C)c1ccccc1. The molecule has 1 aromatic rings. The first-order chi connectivity index (χ1) is 9.90. The van der Waals surface area contributed by atoms with Crippen LogP contribution in [0.1, 0.15) is 39.2 Å². The predicted molar refractivity (Wildman–Crippen MR) is 88.6 cm³/mol. The van der Waals surface area contributed by atoms with Crippen molar-refractivity contribution >= 4 is 17.7 Å². The van der Waals surface area contributed by atoms with Crippen molar-refractivity contribution in [1.29, 1.82) is 0 Å². The molecule has 1 fully saturated rings. The predicted octanol–water partition coefficient (Wildman–Crippen LogP) is 2.73. The molecule has 21 heavy (non-hydrogen) atoms. The van der Waals surface area contributed by atoms with Crippen molar-refractivity contribution in [3.05, 3.63) is 35.9 Å². The van der Waals surface area contributed by atoms with Gasteiger partial charge in [0.15, 0.2) is 0 Å². The first-order valence-corrected chi connectivity index (χ1v) is 8.63. The van der Waals surface area contributed by atoms with E-state index in [-0.39, 0.29) is 11.2 Å². The van der Waals surface area contributed by atoms with E-state index in [1.54, 1.807) is 11.8 Å². The van der Waals surface area contributed by atoms with Crippen LogP contribution in [0, 0.1) is 0 Å². The molecule has 0 aliphatic heterocycles. The molecule has 1 aliphatic rings. The van der Waals surface area contributed by atoms with Crippen molar-refractivity contribution in [2.75, 3.05) is 12.3 Å². The minimum absolute atomic E-state index is 0.0331. The number of hydrogen-bond donors (Lipinski definition) is 2. The summed E-state index contributed by atoms with van der Waals surface area (Å²) >= 11 is 1.78. The Balaban J connectivity index is 1.96. The molecule has 0 aromatic heterocycles. The summed E-state index contributed by atoms with van der Waals surface area (Å²) in [5, 5.41) is 13.8. The van der Waals surface area contributed by atoms with E-state index in [9.17, 15) is 9.90 Å². The molecule has 0 bridgehead atoms. The maximum absolute atomic E-state index is 12.5. The molecule has 2 N–H and O–H groups in total. The van der Waals surface area contributed by atoms with Gasteiger partial charge in [-0.1, -0.05) is 37.3 Å². The van der Waals surface area contributed by atoms with Gasteiger partial charge in [-0.05, 0) is 38.0 Å². The Bertz CT molecular complexity index is 489. The van der Waals surface area contributed by atoms with Crippen LogP contribution >= 0.6 is 11.8 Å². The second kappa shape index (κ2) is 6.41. The Morgan fingerprint density at radius 1 is 1.43 bits per heavy atom. The number of carbonyl (C=O) groups excluding carboxylic acids is 1. The largest absolute Gasteiger partial charge is 0.387 e. The van der Waals surface area contributed by atoms with Crippen LogP contribution in [0.3, 0.4) is 0 Å². The van der Waals surface area contributed by atoms with Crippen molar-refractivity contribution in [3.63, 3.8) is 0 Å². The zero-order valence-electron chi connectivity index (χ0n) is 13.1. The van der Waals surface area contributed by atoms with E-state index < -0.39 is 11.0 Å². The van der Waals surface area contributed by atoms with Gasteiger partial charge < -0.3 is 10.4 Å². The fourth-order valence-corrected chi connectivity index (χ4v) is 3.88. The van der Waals surface area contributed by atoms with Crippen molar-refractivity contribution in [2.24, 2.45) is 0 Å². The minimum Gasteiger partial charge on any atom is -0.387 e. The van der Waals surface area contributed by atoms with Crippen LogP contribution < -0.4 is 5.32 Å². The molecule has 2 unspecified atom stereocenters. The lowest BCUT2D eigenvalue weighted by Gasteiger charge is -2.45. The summed E-state index contributed by atoms with van der Waals surface area (Å²) in [5.41, 5.74) is -0.333. The standard InChI is InChI=1S/C17H25NO2S/c1-4-21-14-10-11-17(14,20)12-18-15(19)16(2,3)13-8-6-5-7-9-13/h5-9,14,20H,4,10-12H2,1-3H3,(H,18,19). The molecule has 1 saturated carbocycles. The molecule has 0 spiro atoms. The van der Waals surface area contributed by atoms with Crippen molar-refractivity contribution in [2.45, 2.75) is 49.9 Å². The van der Waals surface area contributed by atoms with E-state index in [4.69, 9.17) is 0 Å². The first kappa shape index (κ1) is 16.4. The summed E-state index contributed by atoms with van der Waals surface area (Å²) < 4.78 is 0. The Hall–Kier alpha value is -1.00. The van der Waals surface area contributed by atoms with Gasteiger partial charge >= 0.3 is 0 Å². The highest BCUT2D eigenvalue weighted by Crippen LogP contribution is 2.40. The second-order valence-corrected chi connectivity index (χ2v) is 7.74. The Labute approximate surface area is 131 Å². The molecule has 2 rings (SSSR count). The van der Waals surface area contributed by atoms with Crippen molar-refractivity contribution in [3.8, 4) is 0 Å². The van der Waals surface area contributed by atoms with Gasteiger partial charge in [0.05, 0.1) is 11.0 Å². The fourth-order valence-electron chi connectivity index (χ4n) is 2.68. The number of nitrogens with one attached hydrogen (secondary N) is 1. The van der Waals surface area contributed by atoms with Gasteiger partial charge in [0.2, 0.25) is 5.91 Å². The average Bonchev–Trinajstić information content (AvgIpc) is 2.49. The Morgan fingerprint density at radius 3 is 2.62 bits per heavy atom. The number of benzene rings is 1. The molecule has 116 valence electrons. The van der Waals surface area contributed by atoms with E-state index in [2.05, 4.69) is 12.2 Å². The molecule has 0 radical (unpaired) electrons. The lowest BCUT2D eigenvalue weighted by atomic mass is 9.78. The third-order valence-corrected chi connectivity index (χ3v) is 5.83. The lowest BCUT2D eigenvalue weighted by Crippen LogP contribution is -2.58. The number of amides is 1. The highest BCUT2D eigenvalue weighted by Gasteiger charge is 2.45. The maximum atomic E-state index is 12.5. The van der Waals surface area contributed by atoms with Crippen LogP contribution in [0.2, 0.25) is 0 Å². The van der Waals surface area contributed by atoms with E-state index >= 15 is 0 Å². The minimum atomic E-state index is -0.733. The van der Waals surface area contributed by atoms with E-state index in [1.165, 1.54) is 0 Å². The van der Waals surface area contributed by atoms with Crippen molar-refractivity contribution < 1.29 is 9.90 Å². The Kier molecular flexibility index (Phi) is 4.99. The maximum Gasteiger partial charge on any atom is 0.230 e. The number of hydrogen-bond acceptors (Lipinski definition) is 3. The molecule has 1 aliphatic carbocycles. The van der Waals surface area contributed by atoms with Gasteiger partial charge in [-0.25, -0.2) is 0 Å². The van der Waals surface area contributed by atoms with Crippen LogP contribution in [0.25, 0.3) is 0 Å². The molecule has 0 saturated heterocycles. The summed E-state index contributed by atoms with van der Waals surface area (Å²) in [4.78, 5) is 12.5. The number of rotatable bonds is 6. The topological polar surface area (TPSA) is 49.3 Å². The van der Waals surface area contributed by atoms with E-state index in [0.29, 0.717) is 6.54 Å². The summed E-state index contributed by atoms with van der Waals surface area (Å²) in [7, 11) is 0. The van der Waals surface area contributed by atoms with Gasteiger partial charge in [0.25, 0.3) is 0 Å². The van der Waals surface area contributed by atoms with Gasteiger partial charge in [-0.2, -0.15) is 11.8 Å². The van der Waals surface area contributed by atoms with Crippen LogP contribution in [0.5, 0.6) is 0 Å². The summed E-state index contributed by atoms with van der Waals surface area (Å²) in [6.07, 6.45) is 1.81. The smallest absolute Gasteiger partial charge is 0.230 e. The summed E-state index contributed by atoms with van der Waals surface area (Å²) in [6.45, 7) is 6.28. The summed E-state index contributed by atoms with van der Waals surface area (Å²) in [5.74, 6) is 0.963. The normalized spacial score (nSPS) is 25.2. The third kappa shape index (κ3) is 3.43. The number of thioether (sulfide) groups is 1. The van der Waals surface area contributed by atoms with Crippen LogP contribution in [0.15, 0.2) is 30.3 Å². The first-order valence-electron chi connectivity index (χ1n) is 7.58. The Morgan fingerprint density at radius 2 is 2.10 bits per heavy atom. The third-order valence-electron chi connectivity index (χ3n) is 4.42. The summed E-state index contributed by atoms with van der Waals surface area (Å²) in [6, 6.07) is 9.76. The average molecular weight is 307 g/mol.